The molecular weight excluding hydrogens is 262 g/mol. The number of aromatic nitrogens is 1. The summed E-state index contributed by atoms with van der Waals surface area (Å²) in [6.45, 7) is 4.82. The van der Waals surface area contributed by atoms with Gasteiger partial charge in [-0.3, -0.25) is 4.98 Å². The van der Waals surface area contributed by atoms with Crippen molar-refractivity contribution < 1.29 is 0 Å². The second kappa shape index (κ2) is 6.49. The van der Waals surface area contributed by atoms with Crippen LogP contribution in [-0.2, 0) is 0 Å². The summed E-state index contributed by atoms with van der Waals surface area (Å²) in [7, 11) is 2.16. The second-order valence-electron chi connectivity index (χ2n) is 5.66. The molecule has 0 bridgehead atoms. The Bertz CT molecular complexity index is 592. The Kier molecular flexibility index (Phi) is 4.45. The van der Waals surface area contributed by atoms with Crippen molar-refractivity contribution in [3.63, 3.8) is 0 Å². The quantitative estimate of drug-likeness (QED) is 0.877. The lowest BCUT2D eigenvalue weighted by Crippen LogP contribution is -2.52. The highest BCUT2D eigenvalue weighted by Crippen LogP contribution is 2.19. The molecule has 1 atom stereocenters. The van der Waals surface area contributed by atoms with Gasteiger partial charge in [-0.2, -0.15) is 0 Å². The Morgan fingerprint density at radius 3 is 2.81 bits per heavy atom. The van der Waals surface area contributed by atoms with Crippen LogP contribution < -0.4 is 11.2 Å². The zero-order valence-corrected chi connectivity index (χ0v) is 12.5. The number of pyridine rings is 1. The molecule has 0 aliphatic carbocycles. The van der Waals surface area contributed by atoms with Crippen LogP contribution >= 0.6 is 0 Å². The number of hydrogen-bond donors (Lipinski definition) is 2. The van der Waals surface area contributed by atoms with Crippen LogP contribution in [0.15, 0.2) is 36.5 Å². The number of likely N-dealkylation sites (N-methyl/N-ethyl adjacent to an activating group) is 1. The molecule has 0 saturated carbocycles. The first-order valence-corrected chi connectivity index (χ1v) is 7.50. The van der Waals surface area contributed by atoms with Gasteiger partial charge in [0.1, 0.15) is 0 Å². The molecular formula is C16H23N5. The Morgan fingerprint density at radius 1 is 1.24 bits per heavy atom. The largest absolute Gasteiger partial charge is 0.329 e. The maximum absolute atomic E-state index is 5.98. The molecule has 21 heavy (non-hydrogen) atoms. The van der Waals surface area contributed by atoms with E-state index in [2.05, 4.69) is 51.6 Å². The van der Waals surface area contributed by atoms with E-state index in [1.807, 2.05) is 12.3 Å². The summed E-state index contributed by atoms with van der Waals surface area (Å²) in [6, 6.07) is 10.6. The standard InChI is InChI=1S/C16H23N5/c1-20-7-9-21(10-8-20)19-16(12-17)14-4-5-15-13(11-14)3-2-6-18-15/h2-6,11,16,19H,7-10,12,17H2,1H3. The number of nitrogens with zero attached hydrogens (tertiary/aromatic N) is 3. The molecule has 0 spiro atoms. The van der Waals surface area contributed by atoms with Crippen molar-refractivity contribution in [3.8, 4) is 0 Å². The average molecular weight is 285 g/mol. The first-order valence-electron chi connectivity index (χ1n) is 7.50. The van der Waals surface area contributed by atoms with Crippen LogP contribution in [0.1, 0.15) is 11.6 Å². The van der Waals surface area contributed by atoms with E-state index in [9.17, 15) is 0 Å². The molecule has 1 aromatic heterocycles. The predicted molar refractivity (Wildman–Crippen MR) is 85.7 cm³/mol. The van der Waals surface area contributed by atoms with Crippen LogP contribution in [0.2, 0.25) is 0 Å². The Hall–Kier alpha value is -1.53. The Morgan fingerprint density at radius 2 is 2.05 bits per heavy atom. The van der Waals surface area contributed by atoms with Crippen molar-refractivity contribution in [2.75, 3.05) is 39.8 Å². The molecule has 2 heterocycles. The second-order valence-corrected chi connectivity index (χ2v) is 5.66. The van der Waals surface area contributed by atoms with Crippen molar-refractivity contribution in [2.24, 2.45) is 5.73 Å². The number of nitrogens with one attached hydrogen (secondary N) is 1. The maximum atomic E-state index is 5.98. The van der Waals surface area contributed by atoms with Gasteiger partial charge in [0.15, 0.2) is 0 Å². The fourth-order valence-electron chi connectivity index (χ4n) is 2.73. The molecule has 1 aromatic carbocycles. The summed E-state index contributed by atoms with van der Waals surface area (Å²) < 4.78 is 0. The number of hydrazine groups is 1. The molecule has 112 valence electrons. The lowest BCUT2D eigenvalue weighted by molar-refractivity contribution is 0.0880. The minimum absolute atomic E-state index is 0.151. The third-order valence-corrected chi connectivity index (χ3v) is 4.11. The van der Waals surface area contributed by atoms with Gasteiger partial charge in [-0.25, -0.2) is 10.4 Å². The molecule has 0 amide bonds. The van der Waals surface area contributed by atoms with E-state index in [-0.39, 0.29) is 6.04 Å². The first kappa shape index (κ1) is 14.4. The van der Waals surface area contributed by atoms with Gasteiger partial charge in [-0.1, -0.05) is 12.1 Å². The molecule has 3 N–H and O–H groups in total. The van der Waals surface area contributed by atoms with Crippen LogP contribution in [-0.4, -0.2) is 54.7 Å². The molecule has 1 unspecified atom stereocenters. The van der Waals surface area contributed by atoms with Gasteiger partial charge in [0.25, 0.3) is 0 Å². The molecule has 3 rings (SSSR count). The Labute approximate surface area is 125 Å². The Balaban J connectivity index is 1.74. The SMILES string of the molecule is CN1CCN(NC(CN)c2ccc3ncccc3c2)CC1. The number of benzene rings is 1. The molecule has 5 nitrogen and oxygen atoms in total. The zero-order chi connectivity index (χ0) is 14.7. The van der Waals surface area contributed by atoms with Gasteiger partial charge in [0.05, 0.1) is 11.6 Å². The normalized spacial score (nSPS) is 19.0. The van der Waals surface area contributed by atoms with E-state index in [1.54, 1.807) is 0 Å². The van der Waals surface area contributed by atoms with E-state index >= 15 is 0 Å². The van der Waals surface area contributed by atoms with Crippen LogP contribution in [0.4, 0.5) is 0 Å². The third kappa shape index (κ3) is 3.39. The van der Waals surface area contributed by atoms with Gasteiger partial charge in [-0.05, 0) is 30.8 Å². The van der Waals surface area contributed by atoms with Crippen LogP contribution in [0, 0.1) is 0 Å². The van der Waals surface area contributed by atoms with E-state index in [0.717, 1.165) is 37.1 Å². The van der Waals surface area contributed by atoms with Gasteiger partial charge in [0, 0.05) is 44.3 Å². The van der Waals surface area contributed by atoms with Crippen molar-refractivity contribution in [1.29, 1.82) is 0 Å². The minimum atomic E-state index is 0.151. The molecule has 0 radical (unpaired) electrons. The summed E-state index contributed by atoms with van der Waals surface area (Å²) in [6.07, 6.45) is 1.82. The third-order valence-electron chi connectivity index (χ3n) is 4.11. The molecule has 5 heteroatoms. The smallest absolute Gasteiger partial charge is 0.0702 e. The fraction of sp³-hybridized carbons (Fsp3) is 0.438. The lowest BCUT2D eigenvalue weighted by Gasteiger charge is -2.35. The maximum Gasteiger partial charge on any atom is 0.0702 e. The molecule has 1 fully saturated rings. The zero-order valence-electron chi connectivity index (χ0n) is 12.5. The minimum Gasteiger partial charge on any atom is -0.329 e. The van der Waals surface area contributed by atoms with Gasteiger partial charge >= 0.3 is 0 Å². The van der Waals surface area contributed by atoms with Crippen molar-refractivity contribution >= 4 is 10.9 Å². The highest BCUT2D eigenvalue weighted by atomic mass is 15.5. The molecule has 1 saturated heterocycles. The van der Waals surface area contributed by atoms with Crippen LogP contribution in [0.3, 0.4) is 0 Å². The van der Waals surface area contributed by atoms with Crippen LogP contribution in [0.25, 0.3) is 10.9 Å². The average Bonchev–Trinajstić information content (AvgIpc) is 2.54. The van der Waals surface area contributed by atoms with Crippen molar-refractivity contribution in [2.45, 2.75) is 6.04 Å². The lowest BCUT2D eigenvalue weighted by atomic mass is 10.0. The van der Waals surface area contributed by atoms with E-state index in [1.165, 1.54) is 5.56 Å². The van der Waals surface area contributed by atoms with Crippen molar-refractivity contribution in [3.05, 3.63) is 42.1 Å². The summed E-state index contributed by atoms with van der Waals surface area (Å²) in [5.41, 5.74) is 11.8. The number of piperazine rings is 1. The summed E-state index contributed by atoms with van der Waals surface area (Å²) in [4.78, 5) is 6.71. The topological polar surface area (TPSA) is 57.4 Å². The first-order chi connectivity index (χ1) is 10.3. The van der Waals surface area contributed by atoms with E-state index in [0.29, 0.717) is 6.54 Å². The monoisotopic (exact) mass is 285 g/mol. The summed E-state index contributed by atoms with van der Waals surface area (Å²) in [5, 5.41) is 3.44. The number of hydrogen-bond acceptors (Lipinski definition) is 5. The van der Waals surface area contributed by atoms with Gasteiger partial charge in [0.2, 0.25) is 0 Å². The van der Waals surface area contributed by atoms with E-state index < -0.39 is 0 Å². The van der Waals surface area contributed by atoms with E-state index in [4.69, 9.17) is 5.73 Å². The highest BCUT2D eigenvalue weighted by Gasteiger charge is 2.18. The summed E-state index contributed by atoms with van der Waals surface area (Å²) in [5.74, 6) is 0. The molecule has 2 aromatic rings. The number of rotatable bonds is 4. The van der Waals surface area contributed by atoms with Gasteiger partial charge < -0.3 is 10.6 Å². The predicted octanol–water partition coefficient (Wildman–Crippen LogP) is 0.987. The molecule has 1 aliphatic heterocycles. The highest BCUT2D eigenvalue weighted by molar-refractivity contribution is 5.79. The summed E-state index contributed by atoms with van der Waals surface area (Å²) >= 11 is 0. The van der Waals surface area contributed by atoms with Crippen LogP contribution in [0.5, 0.6) is 0 Å². The fourth-order valence-corrected chi connectivity index (χ4v) is 2.73. The number of nitrogens with two attached hydrogens (primary N) is 1. The molecule has 1 aliphatic rings. The van der Waals surface area contributed by atoms with Crippen molar-refractivity contribution in [1.82, 2.24) is 20.3 Å². The van der Waals surface area contributed by atoms with Gasteiger partial charge in [-0.15, -0.1) is 0 Å². The number of fused-ring (bicyclic) bond motifs is 1.